The lowest BCUT2D eigenvalue weighted by atomic mass is 10.0. The van der Waals surface area contributed by atoms with Crippen molar-refractivity contribution in [1.29, 1.82) is 0 Å². The third-order valence-corrected chi connectivity index (χ3v) is 3.69. The molecule has 22 heavy (non-hydrogen) atoms. The number of carbonyl (C=O) groups excluding carboxylic acids is 1. The predicted octanol–water partition coefficient (Wildman–Crippen LogP) is 2.70. The highest BCUT2D eigenvalue weighted by atomic mass is 16.2. The molecule has 5 heteroatoms. The summed E-state index contributed by atoms with van der Waals surface area (Å²) in [6.45, 7) is 4.76. The number of nitrogens with one attached hydrogen (secondary N) is 1. The van der Waals surface area contributed by atoms with Crippen LogP contribution in [0.25, 0.3) is 0 Å². The molecule has 2 aromatic rings. The Labute approximate surface area is 130 Å². The number of carbonyl (C=O) groups is 1. The van der Waals surface area contributed by atoms with Crippen LogP contribution in [0.15, 0.2) is 36.4 Å². The van der Waals surface area contributed by atoms with Gasteiger partial charge in [-0.25, -0.2) is 0 Å². The van der Waals surface area contributed by atoms with Crippen LogP contribution in [-0.2, 0) is 6.42 Å². The fourth-order valence-electron chi connectivity index (χ4n) is 2.70. The van der Waals surface area contributed by atoms with Gasteiger partial charge >= 0.3 is 0 Å². The summed E-state index contributed by atoms with van der Waals surface area (Å²) in [4.78, 5) is 14.1. The fourth-order valence-corrected chi connectivity index (χ4v) is 2.70. The lowest BCUT2D eigenvalue weighted by Gasteiger charge is -2.29. The second-order valence-electron chi connectivity index (χ2n) is 5.79. The first-order valence-corrected chi connectivity index (χ1v) is 7.65. The highest BCUT2D eigenvalue weighted by Crippen LogP contribution is 2.31. The van der Waals surface area contributed by atoms with Gasteiger partial charge in [0.25, 0.3) is 5.91 Å². The van der Waals surface area contributed by atoms with E-state index in [1.807, 2.05) is 26.0 Å². The van der Waals surface area contributed by atoms with Gasteiger partial charge in [0.05, 0.1) is 0 Å². The molecular weight excluding hydrogens is 276 g/mol. The maximum atomic E-state index is 11.9. The van der Waals surface area contributed by atoms with Gasteiger partial charge in [-0.05, 0) is 50.5 Å². The molecule has 1 aromatic carbocycles. The Hall–Kier alpha value is -2.43. The van der Waals surface area contributed by atoms with Crippen LogP contribution >= 0.6 is 0 Å². The van der Waals surface area contributed by atoms with Crippen LogP contribution < -0.4 is 10.2 Å². The van der Waals surface area contributed by atoms with E-state index in [0.29, 0.717) is 5.69 Å². The van der Waals surface area contributed by atoms with Crippen LogP contribution in [0.2, 0.25) is 0 Å². The van der Waals surface area contributed by atoms with Gasteiger partial charge in [-0.2, -0.15) is 0 Å². The minimum absolute atomic E-state index is 0.0861. The average Bonchev–Trinajstić information content (AvgIpc) is 2.54. The maximum Gasteiger partial charge on any atom is 0.271 e. The zero-order chi connectivity index (χ0) is 15.5. The molecule has 0 radical (unpaired) electrons. The van der Waals surface area contributed by atoms with Gasteiger partial charge in [-0.1, -0.05) is 18.2 Å². The van der Waals surface area contributed by atoms with Crippen molar-refractivity contribution in [2.45, 2.75) is 32.7 Å². The van der Waals surface area contributed by atoms with Crippen LogP contribution in [0.4, 0.5) is 11.5 Å². The monoisotopic (exact) mass is 296 g/mol. The largest absolute Gasteiger partial charge is 0.348 e. The lowest BCUT2D eigenvalue weighted by Crippen LogP contribution is -2.31. The van der Waals surface area contributed by atoms with Crippen LogP contribution in [-0.4, -0.2) is 28.7 Å². The molecular formula is C17H20N4O. The van der Waals surface area contributed by atoms with E-state index < -0.39 is 0 Å². The van der Waals surface area contributed by atoms with Crippen molar-refractivity contribution >= 4 is 17.4 Å². The van der Waals surface area contributed by atoms with Gasteiger partial charge in [0.2, 0.25) is 0 Å². The molecule has 3 rings (SSSR count). The van der Waals surface area contributed by atoms with Crippen molar-refractivity contribution < 1.29 is 4.79 Å². The number of aryl methyl sites for hydroxylation is 1. The van der Waals surface area contributed by atoms with E-state index in [-0.39, 0.29) is 11.9 Å². The standard InChI is InChI=1S/C17H20N4O/c1-12(2)18-17(22)14-9-10-16(20-19-14)21-11-5-7-13-6-3-4-8-15(13)21/h3-4,6,8-10,12H,5,7,11H2,1-2H3,(H,18,22). The minimum Gasteiger partial charge on any atom is -0.348 e. The van der Waals surface area contributed by atoms with Crippen molar-refractivity contribution in [3.8, 4) is 0 Å². The topological polar surface area (TPSA) is 58.1 Å². The summed E-state index contributed by atoms with van der Waals surface area (Å²) in [6, 6.07) is 12.0. The summed E-state index contributed by atoms with van der Waals surface area (Å²) in [7, 11) is 0. The fraction of sp³-hybridized carbons (Fsp3) is 0.353. The molecule has 1 aromatic heterocycles. The molecule has 2 heterocycles. The first-order valence-electron chi connectivity index (χ1n) is 7.65. The second-order valence-corrected chi connectivity index (χ2v) is 5.79. The van der Waals surface area contributed by atoms with Gasteiger partial charge in [-0.3, -0.25) is 4.79 Å². The Bertz CT molecular complexity index is 667. The van der Waals surface area contributed by atoms with Gasteiger partial charge in [0, 0.05) is 18.3 Å². The van der Waals surface area contributed by atoms with E-state index in [9.17, 15) is 4.79 Å². The molecule has 0 bridgehead atoms. The van der Waals surface area contributed by atoms with Gasteiger partial charge < -0.3 is 10.2 Å². The number of aromatic nitrogens is 2. The molecule has 1 aliphatic heterocycles. The molecule has 1 aliphatic rings. The van der Waals surface area contributed by atoms with Crippen molar-refractivity contribution in [3.05, 3.63) is 47.7 Å². The van der Waals surface area contributed by atoms with E-state index >= 15 is 0 Å². The van der Waals surface area contributed by atoms with Gasteiger partial charge in [0.15, 0.2) is 11.5 Å². The third-order valence-electron chi connectivity index (χ3n) is 3.69. The van der Waals surface area contributed by atoms with Crippen molar-refractivity contribution in [3.63, 3.8) is 0 Å². The van der Waals surface area contributed by atoms with E-state index in [1.54, 1.807) is 6.07 Å². The minimum atomic E-state index is -0.187. The molecule has 0 saturated carbocycles. The zero-order valence-electron chi connectivity index (χ0n) is 12.9. The van der Waals surface area contributed by atoms with Crippen LogP contribution in [0.5, 0.6) is 0 Å². The lowest BCUT2D eigenvalue weighted by molar-refractivity contribution is 0.0937. The highest BCUT2D eigenvalue weighted by Gasteiger charge is 2.19. The summed E-state index contributed by atoms with van der Waals surface area (Å²) >= 11 is 0. The molecule has 5 nitrogen and oxygen atoms in total. The Morgan fingerprint density at radius 1 is 1.18 bits per heavy atom. The number of hydrogen-bond acceptors (Lipinski definition) is 4. The predicted molar refractivity (Wildman–Crippen MR) is 86.4 cm³/mol. The number of rotatable bonds is 3. The summed E-state index contributed by atoms with van der Waals surface area (Å²) in [6.07, 6.45) is 2.18. The summed E-state index contributed by atoms with van der Waals surface area (Å²) < 4.78 is 0. The maximum absolute atomic E-state index is 11.9. The molecule has 0 atom stereocenters. The van der Waals surface area contributed by atoms with Crippen molar-refractivity contribution in [2.75, 3.05) is 11.4 Å². The number of fused-ring (bicyclic) bond motifs is 1. The van der Waals surface area contributed by atoms with Crippen molar-refractivity contribution in [1.82, 2.24) is 15.5 Å². The SMILES string of the molecule is CC(C)NC(=O)c1ccc(N2CCCc3ccccc32)nn1. The van der Waals surface area contributed by atoms with E-state index in [4.69, 9.17) is 0 Å². The number of nitrogens with zero attached hydrogens (tertiary/aromatic N) is 3. The number of anilines is 2. The molecule has 1 N–H and O–H groups in total. The molecule has 0 saturated heterocycles. The van der Waals surface area contributed by atoms with Gasteiger partial charge in [0.1, 0.15) is 0 Å². The van der Waals surface area contributed by atoms with E-state index in [1.165, 1.54) is 11.3 Å². The molecule has 0 fully saturated rings. The third kappa shape index (κ3) is 2.93. The highest BCUT2D eigenvalue weighted by molar-refractivity contribution is 5.92. The van der Waals surface area contributed by atoms with E-state index in [2.05, 4.69) is 38.6 Å². The molecule has 1 amide bonds. The summed E-state index contributed by atoms with van der Waals surface area (Å²) in [5, 5.41) is 11.1. The Balaban J connectivity index is 1.84. The normalized spacial score (nSPS) is 13.9. The molecule has 114 valence electrons. The molecule has 0 aliphatic carbocycles. The number of amides is 1. The first kappa shape index (κ1) is 14.5. The Kier molecular flexibility index (Phi) is 4.04. The Morgan fingerprint density at radius 2 is 2.00 bits per heavy atom. The second kappa shape index (κ2) is 6.13. The van der Waals surface area contributed by atoms with Crippen LogP contribution in [0.1, 0.15) is 36.3 Å². The molecule has 0 unspecified atom stereocenters. The van der Waals surface area contributed by atoms with Crippen LogP contribution in [0.3, 0.4) is 0 Å². The smallest absolute Gasteiger partial charge is 0.271 e. The summed E-state index contributed by atoms with van der Waals surface area (Å²) in [5.41, 5.74) is 2.86. The van der Waals surface area contributed by atoms with E-state index in [0.717, 1.165) is 25.2 Å². The first-order chi connectivity index (χ1) is 10.6. The van der Waals surface area contributed by atoms with Crippen LogP contribution in [0, 0.1) is 0 Å². The summed E-state index contributed by atoms with van der Waals surface area (Å²) in [5.74, 6) is 0.598. The number of benzene rings is 1. The number of hydrogen-bond donors (Lipinski definition) is 1. The van der Waals surface area contributed by atoms with Gasteiger partial charge in [-0.15, -0.1) is 10.2 Å². The number of para-hydroxylation sites is 1. The van der Waals surface area contributed by atoms with Crippen molar-refractivity contribution in [2.24, 2.45) is 0 Å². The Morgan fingerprint density at radius 3 is 2.73 bits per heavy atom. The zero-order valence-corrected chi connectivity index (χ0v) is 12.9. The quantitative estimate of drug-likeness (QED) is 0.946. The molecule has 0 spiro atoms. The average molecular weight is 296 g/mol.